The Hall–Kier alpha value is -5.68. The molecule has 3 atom stereocenters. The van der Waals surface area contributed by atoms with Crippen LogP contribution in [-0.4, -0.2) is 109 Å². The summed E-state index contributed by atoms with van der Waals surface area (Å²) in [5, 5.41) is 28.6. The molecule has 0 radical (unpaired) electrons. The number of aromatic amines is 1. The van der Waals surface area contributed by atoms with Crippen LogP contribution in [0.25, 0.3) is 11.2 Å². The molecule has 0 saturated carbocycles. The molecule has 2 aromatic heterocycles. The number of carboxylic acids is 2. The molecule has 0 aliphatic carbocycles. The van der Waals surface area contributed by atoms with Gasteiger partial charge in [-0.25, -0.2) is 19.6 Å². The molecule has 3 amide bonds. The van der Waals surface area contributed by atoms with E-state index in [0.29, 0.717) is 11.4 Å². The molecule has 23 heteroatoms. The molecule has 3 aromatic rings. The molecule has 280 valence electrons. The van der Waals surface area contributed by atoms with E-state index in [0.717, 1.165) is 0 Å². The highest BCUT2D eigenvalue weighted by Crippen LogP contribution is 2.16. The van der Waals surface area contributed by atoms with Crippen LogP contribution < -0.4 is 32.6 Å². The van der Waals surface area contributed by atoms with Gasteiger partial charge in [0.1, 0.15) is 17.9 Å². The Morgan fingerprint density at radius 1 is 0.962 bits per heavy atom. The van der Waals surface area contributed by atoms with Gasteiger partial charge in [0.2, 0.25) is 17.8 Å². The van der Waals surface area contributed by atoms with E-state index in [2.05, 4.69) is 53.8 Å². The maximum atomic E-state index is 12.9. The number of rotatable bonds is 20. The highest BCUT2D eigenvalue weighted by atomic mass is 32.2. The van der Waals surface area contributed by atoms with Crippen molar-refractivity contribution in [3.8, 4) is 0 Å². The Balaban J connectivity index is 1.58. The number of hydrogen-bond donors (Lipinski definition) is 10. The van der Waals surface area contributed by atoms with Crippen molar-refractivity contribution in [3.63, 3.8) is 0 Å². The van der Waals surface area contributed by atoms with Gasteiger partial charge >= 0.3 is 11.9 Å². The summed E-state index contributed by atoms with van der Waals surface area (Å²) in [5.74, 6) is -8.91. The van der Waals surface area contributed by atoms with Gasteiger partial charge in [0.15, 0.2) is 11.2 Å². The van der Waals surface area contributed by atoms with Crippen LogP contribution in [0, 0.1) is 5.92 Å². The number of anilines is 2. The molecule has 2 heterocycles. The quantitative estimate of drug-likeness (QED) is 0.0454. The topological polar surface area (TPSA) is 343 Å². The van der Waals surface area contributed by atoms with Gasteiger partial charge in [-0.1, -0.05) is 0 Å². The van der Waals surface area contributed by atoms with E-state index in [1.807, 2.05) is 0 Å². The van der Waals surface area contributed by atoms with Gasteiger partial charge < -0.3 is 37.2 Å². The molecule has 52 heavy (non-hydrogen) atoms. The number of amides is 3. The monoisotopic (exact) mass is 765 g/mol. The number of benzene rings is 1. The van der Waals surface area contributed by atoms with Crippen molar-refractivity contribution in [1.29, 1.82) is 0 Å². The fourth-order valence-corrected chi connectivity index (χ4v) is 5.12. The number of hydrogen-bond acceptors (Lipinski definition) is 15. The van der Waals surface area contributed by atoms with E-state index in [4.69, 9.17) is 10.3 Å². The lowest BCUT2D eigenvalue weighted by atomic mass is 9.94. The number of carbonyl (C=O) groups is 6. The molecular formula is C29H35N9O12S2. The van der Waals surface area contributed by atoms with Crippen LogP contribution in [0.15, 0.2) is 35.3 Å². The Bertz CT molecular complexity index is 1990. The normalized spacial score (nSPS) is 13.0. The number of nitrogens with two attached hydrogens (primary N) is 1. The van der Waals surface area contributed by atoms with Crippen LogP contribution >= 0.6 is 12.6 Å². The van der Waals surface area contributed by atoms with E-state index < -0.39 is 107 Å². The molecular weight excluding hydrogens is 731 g/mol. The average molecular weight is 766 g/mol. The Labute approximate surface area is 299 Å². The summed E-state index contributed by atoms with van der Waals surface area (Å²) in [5.41, 5.74) is 6.05. The summed E-state index contributed by atoms with van der Waals surface area (Å²) in [6.07, 6.45) is -0.760. The number of nitrogen functional groups attached to an aromatic ring is 1. The predicted molar refractivity (Wildman–Crippen MR) is 185 cm³/mol. The maximum Gasteiger partial charge on any atom is 0.327 e. The second-order valence-electron chi connectivity index (χ2n) is 11.2. The van der Waals surface area contributed by atoms with Crippen LogP contribution in [-0.2, 0) is 40.6 Å². The average Bonchev–Trinajstić information content (AvgIpc) is 3.07. The molecule has 21 nitrogen and oxygen atoms in total. The standard InChI is InChI=1S/C29H35N9O12S2/c30-29-37-23-22(26(43)38-29)34-17(12-33-23)11-32-16-3-1-14(2-4-16)24(41)35-19(27(44)45)6-5-18(39)9-15(25(42)36-20(13-51)28(46)47)10-21(40)31-7-8-52(48,49)50/h1-4,12,15,19-20,32,51H,5-11,13H2,(H,31,40)(H,35,41)(H,36,42)(H,44,45)(H,46,47)(H,48,49,50)(H3,30,33,37,38,43)/t15-,19-,20-/m0/s1. The maximum absolute atomic E-state index is 12.9. The fraction of sp³-hybridized carbons (Fsp3) is 0.379. The van der Waals surface area contributed by atoms with E-state index in [1.165, 1.54) is 30.5 Å². The summed E-state index contributed by atoms with van der Waals surface area (Å²) in [7, 11) is -4.40. The number of aromatic nitrogens is 4. The minimum atomic E-state index is -4.40. The summed E-state index contributed by atoms with van der Waals surface area (Å²) in [6, 6.07) is 2.88. The Morgan fingerprint density at radius 3 is 2.25 bits per heavy atom. The number of carboxylic acid groups (broad SMARTS) is 2. The molecule has 0 aliphatic heterocycles. The number of nitrogens with zero attached hydrogens (tertiary/aromatic N) is 3. The summed E-state index contributed by atoms with van der Waals surface area (Å²) in [4.78, 5) is 101. The van der Waals surface area contributed by atoms with Crippen LogP contribution in [0.4, 0.5) is 11.6 Å². The number of H-pyrrole nitrogens is 1. The molecule has 0 spiro atoms. The number of Topliss-reactive ketones (excluding diaryl/α,β-unsaturated/α-hetero) is 1. The first-order valence-electron chi connectivity index (χ1n) is 15.2. The second-order valence-corrected chi connectivity index (χ2v) is 13.1. The molecule has 0 saturated heterocycles. The SMILES string of the molecule is Nc1nc2ncc(CNc3ccc(C(=O)N[C@@H](CCC(=O)C[C@@H](CC(=O)NCCS(=O)(=O)O)C(=O)N[C@@H](CS)C(=O)O)C(=O)O)cc3)nc2c(=O)[nH]1. The van der Waals surface area contributed by atoms with E-state index in [1.54, 1.807) is 0 Å². The molecule has 0 fully saturated rings. The number of ketones is 1. The molecule has 1 aromatic carbocycles. The number of aliphatic carboxylic acids is 2. The molecule has 0 bridgehead atoms. The summed E-state index contributed by atoms with van der Waals surface area (Å²) in [6.45, 7) is -0.365. The van der Waals surface area contributed by atoms with Crippen LogP contribution in [0.2, 0.25) is 0 Å². The zero-order valence-electron chi connectivity index (χ0n) is 27.1. The number of thiol groups is 1. The van der Waals surface area contributed by atoms with Gasteiger partial charge in [-0.2, -0.15) is 26.0 Å². The predicted octanol–water partition coefficient (Wildman–Crippen LogP) is -1.66. The summed E-state index contributed by atoms with van der Waals surface area (Å²) < 4.78 is 30.6. The van der Waals surface area contributed by atoms with Crippen molar-refractivity contribution < 1.29 is 52.0 Å². The number of nitrogens with one attached hydrogen (secondary N) is 5. The molecule has 3 rings (SSSR count). The third-order valence-corrected chi connectivity index (χ3v) is 8.26. The smallest absolute Gasteiger partial charge is 0.327 e. The van der Waals surface area contributed by atoms with Gasteiger partial charge in [-0.05, 0) is 30.7 Å². The van der Waals surface area contributed by atoms with Crippen molar-refractivity contribution in [3.05, 3.63) is 52.1 Å². The lowest BCUT2D eigenvalue weighted by Crippen LogP contribution is -2.46. The minimum Gasteiger partial charge on any atom is -0.480 e. The Kier molecular flexibility index (Phi) is 14.5. The highest BCUT2D eigenvalue weighted by molar-refractivity contribution is 7.85. The van der Waals surface area contributed by atoms with Crippen LogP contribution in [0.3, 0.4) is 0 Å². The van der Waals surface area contributed by atoms with Crippen molar-refractivity contribution in [2.45, 2.75) is 44.3 Å². The summed E-state index contributed by atoms with van der Waals surface area (Å²) >= 11 is 3.85. The van der Waals surface area contributed by atoms with Gasteiger partial charge in [-0.3, -0.25) is 33.5 Å². The third-order valence-electron chi connectivity index (χ3n) is 7.18. The first-order valence-corrected chi connectivity index (χ1v) is 17.5. The van der Waals surface area contributed by atoms with Crippen molar-refractivity contribution in [1.82, 2.24) is 35.9 Å². The van der Waals surface area contributed by atoms with Crippen molar-refractivity contribution >= 4 is 81.0 Å². The third kappa shape index (κ3) is 12.9. The van der Waals surface area contributed by atoms with Crippen LogP contribution in [0.1, 0.15) is 41.7 Å². The largest absolute Gasteiger partial charge is 0.480 e. The highest BCUT2D eigenvalue weighted by Gasteiger charge is 2.29. The van der Waals surface area contributed by atoms with E-state index in [9.17, 15) is 52.2 Å². The fourth-order valence-electron chi connectivity index (χ4n) is 4.52. The van der Waals surface area contributed by atoms with Gasteiger partial charge in [0.05, 0.1) is 30.1 Å². The van der Waals surface area contributed by atoms with Gasteiger partial charge in [0, 0.05) is 42.8 Å². The Morgan fingerprint density at radius 2 is 1.63 bits per heavy atom. The second kappa shape index (κ2) is 18.5. The lowest BCUT2D eigenvalue weighted by Gasteiger charge is -2.19. The van der Waals surface area contributed by atoms with Gasteiger partial charge in [0.25, 0.3) is 21.6 Å². The first kappa shape index (κ1) is 40.7. The van der Waals surface area contributed by atoms with Crippen LogP contribution in [0.5, 0.6) is 0 Å². The zero-order chi connectivity index (χ0) is 38.6. The lowest BCUT2D eigenvalue weighted by molar-refractivity contribution is -0.142. The molecule has 0 aliphatic rings. The van der Waals surface area contributed by atoms with E-state index >= 15 is 0 Å². The minimum absolute atomic E-state index is 0.00228. The first-order chi connectivity index (χ1) is 24.4. The van der Waals surface area contributed by atoms with E-state index in [-0.39, 0.29) is 35.0 Å². The van der Waals surface area contributed by atoms with Gasteiger partial charge in [-0.15, -0.1) is 0 Å². The number of fused-ring (bicyclic) bond motifs is 1. The zero-order valence-corrected chi connectivity index (χ0v) is 28.8. The van der Waals surface area contributed by atoms with Crippen molar-refractivity contribution in [2.75, 3.05) is 29.1 Å². The van der Waals surface area contributed by atoms with Crippen molar-refractivity contribution in [2.24, 2.45) is 5.92 Å². The number of carbonyl (C=O) groups excluding carboxylic acids is 4. The molecule has 10 N–H and O–H groups in total. The molecule has 0 unspecified atom stereocenters.